The van der Waals surface area contributed by atoms with Crippen LogP contribution in [0.3, 0.4) is 0 Å². The second-order valence-electron chi connectivity index (χ2n) is 6.88. The molecule has 1 aromatic heterocycles. The standard InChI is InChI=1S/C22H20N4O3/c27-22(18-6-8-19(9-7-18)26(28)29)25-15-3-14-24(16-17-10-12-23-13-11-17)20-4-1-2-5-21(20)25/h1-2,4-13H,3,14-16H2. The Morgan fingerprint density at radius 2 is 1.66 bits per heavy atom. The number of hydrogen-bond acceptors (Lipinski definition) is 5. The van der Waals surface area contributed by atoms with E-state index in [-0.39, 0.29) is 11.6 Å². The first-order chi connectivity index (χ1) is 14.1. The van der Waals surface area contributed by atoms with Crippen LogP contribution in [0, 0.1) is 10.1 Å². The van der Waals surface area contributed by atoms with E-state index in [4.69, 9.17) is 0 Å². The number of nitro benzene ring substituents is 1. The van der Waals surface area contributed by atoms with Crippen LogP contribution in [0.5, 0.6) is 0 Å². The summed E-state index contributed by atoms with van der Waals surface area (Å²) in [4.78, 5) is 31.7. The lowest BCUT2D eigenvalue weighted by molar-refractivity contribution is -0.384. The highest BCUT2D eigenvalue weighted by molar-refractivity contribution is 6.08. The molecule has 146 valence electrons. The predicted molar refractivity (Wildman–Crippen MR) is 111 cm³/mol. The van der Waals surface area contributed by atoms with Gasteiger partial charge in [0.15, 0.2) is 0 Å². The van der Waals surface area contributed by atoms with Crippen molar-refractivity contribution in [1.29, 1.82) is 0 Å². The molecule has 7 heteroatoms. The molecule has 0 atom stereocenters. The number of rotatable bonds is 4. The largest absolute Gasteiger partial charge is 0.365 e. The second-order valence-corrected chi connectivity index (χ2v) is 6.88. The van der Waals surface area contributed by atoms with Crippen molar-refractivity contribution in [3.05, 3.63) is 94.3 Å². The third kappa shape index (κ3) is 3.94. The lowest BCUT2D eigenvalue weighted by Gasteiger charge is -2.27. The number of nitro groups is 1. The smallest absolute Gasteiger partial charge is 0.269 e. The molecule has 3 aromatic rings. The third-order valence-corrected chi connectivity index (χ3v) is 5.02. The molecule has 2 aromatic carbocycles. The van der Waals surface area contributed by atoms with Gasteiger partial charge in [-0.15, -0.1) is 0 Å². The van der Waals surface area contributed by atoms with E-state index >= 15 is 0 Å². The van der Waals surface area contributed by atoms with Crippen molar-refractivity contribution in [1.82, 2.24) is 4.98 Å². The summed E-state index contributed by atoms with van der Waals surface area (Å²) in [5.74, 6) is -0.155. The average molecular weight is 388 g/mol. The van der Waals surface area contributed by atoms with Crippen LogP contribution in [-0.4, -0.2) is 28.9 Å². The number of non-ortho nitro benzene ring substituents is 1. The molecule has 0 saturated carbocycles. The maximum atomic E-state index is 13.2. The van der Waals surface area contributed by atoms with E-state index in [1.807, 2.05) is 36.4 Å². The van der Waals surface area contributed by atoms with Crippen LogP contribution in [-0.2, 0) is 6.54 Å². The predicted octanol–water partition coefficient (Wildman–Crippen LogP) is 4.05. The van der Waals surface area contributed by atoms with Crippen molar-refractivity contribution in [2.45, 2.75) is 13.0 Å². The molecule has 0 spiro atoms. The molecule has 4 rings (SSSR count). The highest BCUT2D eigenvalue weighted by Gasteiger charge is 2.25. The minimum Gasteiger partial charge on any atom is -0.365 e. The first kappa shape index (κ1) is 18.6. The highest BCUT2D eigenvalue weighted by Crippen LogP contribution is 2.34. The van der Waals surface area contributed by atoms with Gasteiger partial charge in [0.25, 0.3) is 11.6 Å². The fourth-order valence-electron chi connectivity index (χ4n) is 3.59. The van der Waals surface area contributed by atoms with E-state index in [9.17, 15) is 14.9 Å². The Bertz CT molecular complexity index is 1020. The number of amides is 1. The molecular formula is C22H20N4O3. The number of pyridine rings is 1. The summed E-state index contributed by atoms with van der Waals surface area (Å²) >= 11 is 0. The normalized spacial score (nSPS) is 13.5. The molecule has 0 aliphatic carbocycles. The van der Waals surface area contributed by atoms with Gasteiger partial charge in [-0.1, -0.05) is 12.1 Å². The zero-order valence-electron chi connectivity index (χ0n) is 15.8. The van der Waals surface area contributed by atoms with Gasteiger partial charge in [-0.2, -0.15) is 0 Å². The number of carbonyl (C=O) groups excluding carboxylic acids is 1. The van der Waals surface area contributed by atoms with Crippen LogP contribution in [0.2, 0.25) is 0 Å². The Balaban J connectivity index is 1.64. The number of fused-ring (bicyclic) bond motifs is 1. The molecule has 0 saturated heterocycles. The topological polar surface area (TPSA) is 79.6 Å². The van der Waals surface area contributed by atoms with E-state index < -0.39 is 4.92 Å². The zero-order valence-corrected chi connectivity index (χ0v) is 15.8. The van der Waals surface area contributed by atoms with Gasteiger partial charge in [0.2, 0.25) is 0 Å². The molecule has 0 radical (unpaired) electrons. The average Bonchev–Trinajstić information content (AvgIpc) is 2.94. The van der Waals surface area contributed by atoms with Crippen LogP contribution in [0.1, 0.15) is 22.3 Å². The first-order valence-corrected chi connectivity index (χ1v) is 9.43. The van der Waals surface area contributed by atoms with Crippen LogP contribution < -0.4 is 9.80 Å². The van der Waals surface area contributed by atoms with Crippen LogP contribution in [0.25, 0.3) is 0 Å². The zero-order chi connectivity index (χ0) is 20.2. The maximum Gasteiger partial charge on any atom is 0.269 e. The fraction of sp³-hybridized carbons (Fsp3) is 0.182. The SMILES string of the molecule is O=C(c1ccc([N+](=O)[O-])cc1)N1CCCN(Cc2ccncc2)c2ccccc21. The van der Waals surface area contributed by atoms with Crippen molar-refractivity contribution >= 4 is 23.0 Å². The van der Waals surface area contributed by atoms with Gasteiger partial charge >= 0.3 is 0 Å². The molecular weight excluding hydrogens is 368 g/mol. The van der Waals surface area contributed by atoms with Crippen molar-refractivity contribution in [2.75, 3.05) is 22.9 Å². The van der Waals surface area contributed by atoms with E-state index in [2.05, 4.69) is 9.88 Å². The number of benzene rings is 2. The monoisotopic (exact) mass is 388 g/mol. The molecule has 7 nitrogen and oxygen atoms in total. The number of aromatic nitrogens is 1. The molecule has 0 fully saturated rings. The maximum absolute atomic E-state index is 13.2. The lowest BCUT2D eigenvalue weighted by Crippen LogP contribution is -2.31. The molecule has 1 aliphatic heterocycles. The molecule has 1 aliphatic rings. The molecule has 0 N–H and O–H groups in total. The number of hydrogen-bond donors (Lipinski definition) is 0. The Hall–Kier alpha value is -3.74. The van der Waals surface area contributed by atoms with Crippen molar-refractivity contribution in [2.24, 2.45) is 0 Å². The van der Waals surface area contributed by atoms with Gasteiger partial charge in [0.1, 0.15) is 0 Å². The highest BCUT2D eigenvalue weighted by atomic mass is 16.6. The molecule has 2 heterocycles. The Kier molecular flexibility index (Phi) is 5.20. The summed E-state index contributed by atoms with van der Waals surface area (Å²) in [6.45, 7) is 2.14. The van der Waals surface area contributed by atoms with Crippen molar-refractivity contribution in [3.63, 3.8) is 0 Å². The van der Waals surface area contributed by atoms with Gasteiger partial charge in [0, 0.05) is 49.7 Å². The molecule has 29 heavy (non-hydrogen) atoms. The van der Waals surface area contributed by atoms with Gasteiger partial charge < -0.3 is 9.80 Å². The van der Waals surface area contributed by atoms with E-state index in [1.165, 1.54) is 24.3 Å². The number of anilines is 2. The van der Waals surface area contributed by atoms with E-state index in [0.717, 1.165) is 36.4 Å². The lowest BCUT2D eigenvalue weighted by atomic mass is 10.1. The summed E-state index contributed by atoms with van der Waals surface area (Å²) in [6, 6.07) is 17.6. The Morgan fingerprint density at radius 1 is 0.966 bits per heavy atom. The van der Waals surface area contributed by atoms with Crippen LogP contribution >= 0.6 is 0 Å². The number of carbonyl (C=O) groups is 1. The fourth-order valence-corrected chi connectivity index (χ4v) is 3.59. The Labute approximate surface area is 168 Å². The first-order valence-electron chi connectivity index (χ1n) is 9.43. The van der Waals surface area contributed by atoms with Crippen molar-refractivity contribution in [3.8, 4) is 0 Å². The minimum absolute atomic E-state index is 0.0265. The molecule has 0 bridgehead atoms. The van der Waals surface area contributed by atoms with Gasteiger partial charge in [-0.05, 0) is 48.4 Å². The van der Waals surface area contributed by atoms with Gasteiger partial charge in [-0.3, -0.25) is 19.9 Å². The minimum atomic E-state index is -0.466. The van der Waals surface area contributed by atoms with E-state index in [1.54, 1.807) is 17.3 Å². The van der Waals surface area contributed by atoms with Crippen molar-refractivity contribution < 1.29 is 9.72 Å². The van der Waals surface area contributed by atoms with Crippen LogP contribution in [0.15, 0.2) is 73.1 Å². The molecule has 0 unspecified atom stereocenters. The Morgan fingerprint density at radius 3 is 2.34 bits per heavy atom. The summed E-state index contributed by atoms with van der Waals surface area (Å²) in [6.07, 6.45) is 4.38. The molecule has 1 amide bonds. The summed E-state index contributed by atoms with van der Waals surface area (Å²) in [5, 5.41) is 10.9. The summed E-state index contributed by atoms with van der Waals surface area (Å²) in [5.41, 5.74) is 3.42. The number of nitrogens with zero attached hydrogens (tertiary/aromatic N) is 4. The van der Waals surface area contributed by atoms with Gasteiger partial charge in [0.05, 0.1) is 16.3 Å². The number of para-hydroxylation sites is 2. The second kappa shape index (κ2) is 8.10. The quantitative estimate of drug-likeness (QED) is 0.498. The summed E-state index contributed by atoms with van der Waals surface area (Å²) in [7, 11) is 0. The van der Waals surface area contributed by atoms with Crippen LogP contribution in [0.4, 0.5) is 17.1 Å². The third-order valence-electron chi connectivity index (χ3n) is 5.02. The van der Waals surface area contributed by atoms with Gasteiger partial charge in [-0.25, -0.2) is 0 Å². The van der Waals surface area contributed by atoms with E-state index in [0.29, 0.717) is 12.1 Å². The summed E-state index contributed by atoms with van der Waals surface area (Å²) < 4.78 is 0.